The van der Waals surface area contributed by atoms with Gasteiger partial charge in [-0.2, -0.15) is 0 Å². The molecule has 2 nitrogen and oxygen atoms in total. The summed E-state index contributed by atoms with van der Waals surface area (Å²) in [6.45, 7) is 0.962. The first-order chi connectivity index (χ1) is 7.75. The molecule has 0 spiro atoms. The molecule has 0 radical (unpaired) electrons. The number of thiazole rings is 1. The highest BCUT2D eigenvalue weighted by Crippen LogP contribution is 2.23. The highest BCUT2D eigenvalue weighted by molar-refractivity contribution is 8.32. The number of aromatic nitrogens is 1. The van der Waals surface area contributed by atoms with E-state index >= 15 is 0 Å². The van der Waals surface area contributed by atoms with Crippen molar-refractivity contribution < 1.29 is 0 Å². The van der Waals surface area contributed by atoms with E-state index in [0.717, 1.165) is 26.5 Å². The van der Waals surface area contributed by atoms with Crippen LogP contribution in [0, 0.1) is 0 Å². The topological polar surface area (TPSA) is 25.2 Å². The van der Waals surface area contributed by atoms with Gasteiger partial charge in [0.25, 0.3) is 0 Å². The molecule has 2 aromatic rings. The molecule has 2 heterocycles. The quantitative estimate of drug-likeness (QED) is 0.723. The van der Waals surface area contributed by atoms with Crippen LogP contribution >= 0.6 is 48.4 Å². The zero-order valence-electron chi connectivity index (χ0n) is 8.33. The summed E-state index contributed by atoms with van der Waals surface area (Å²) in [7, 11) is 0. The van der Waals surface area contributed by atoms with Crippen molar-refractivity contribution in [3.8, 4) is 0 Å². The Balaban J connectivity index is 0.000000138. The van der Waals surface area contributed by atoms with Crippen molar-refractivity contribution in [2.45, 2.75) is 4.34 Å². The SMILES string of the molecule is SC1=NCCS1.Sc1nc2ccccc2s1. The second kappa shape index (κ2) is 5.95. The lowest BCUT2D eigenvalue weighted by molar-refractivity contribution is 1.18. The van der Waals surface area contributed by atoms with Crippen LogP contribution in [0.25, 0.3) is 10.2 Å². The van der Waals surface area contributed by atoms with Crippen LogP contribution in [0.1, 0.15) is 0 Å². The fraction of sp³-hybridized carbons (Fsp3) is 0.200. The minimum absolute atomic E-state index is 0.834. The third-order valence-corrected chi connectivity index (χ3v) is 4.37. The molecule has 1 aliphatic heterocycles. The van der Waals surface area contributed by atoms with Gasteiger partial charge in [0.1, 0.15) is 8.72 Å². The maximum Gasteiger partial charge on any atom is 0.148 e. The van der Waals surface area contributed by atoms with Gasteiger partial charge in [0.2, 0.25) is 0 Å². The van der Waals surface area contributed by atoms with E-state index in [4.69, 9.17) is 0 Å². The molecule has 0 saturated carbocycles. The minimum atomic E-state index is 0.834. The number of hydrogen-bond acceptors (Lipinski definition) is 5. The fourth-order valence-electron chi connectivity index (χ4n) is 1.18. The van der Waals surface area contributed by atoms with Crippen molar-refractivity contribution in [3.63, 3.8) is 0 Å². The van der Waals surface area contributed by atoms with Gasteiger partial charge in [-0.1, -0.05) is 23.9 Å². The van der Waals surface area contributed by atoms with Crippen LogP contribution < -0.4 is 0 Å². The molecular weight excluding hydrogens is 276 g/mol. The Morgan fingerprint density at radius 1 is 1.19 bits per heavy atom. The molecule has 6 heteroatoms. The van der Waals surface area contributed by atoms with Crippen molar-refractivity contribution >= 4 is 62.9 Å². The van der Waals surface area contributed by atoms with Crippen LogP contribution in [0.15, 0.2) is 33.6 Å². The third-order valence-electron chi connectivity index (χ3n) is 1.85. The van der Waals surface area contributed by atoms with Gasteiger partial charge >= 0.3 is 0 Å². The van der Waals surface area contributed by atoms with Crippen LogP contribution in [0.3, 0.4) is 0 Å². The number of aliphatic imine (C=N–C) groups is 1. The van der Waals surface area contributed by atoms with Crippen LogP contribution in [0.2, 0.25) is 0 Å². The second-order valence-electron chi connectivity index (χ2n) is 2.98. The summed E-state index contributed by atoms with van der Waals surface area (Å²) in [5.41, 5.74) is 1.04. The summed E-state index contributed by atoms with van der Waals surface area (Å²) < 4.78 is 2.98. The van der Waals surface area contributed by atoms with Crippen molar-refractivity contribution in [1.82, 2.24) is 4.98 Å². The Labute approximate surface area is 113 Å². The van der Waals surface area contributed by atoms with Gasteiger partial charge in [-0.3, -0.25) is 4.99 Å². The zero-order chi connectivity index (χ0) is 11.4. The predicted octanol–water partition coefficient (Wildman–Crippen LogP) is 3.60. The molecule has 84 valence electrons. The fourth-order valence-corrected chi connectivity index (χ4v) is 3.21. The van der Waals surface area contributed by atoms with E-state index in [1.165, 1.54) is 4.70 Å². The second-order valence-corrected chi connectivity index (χ2v) is 6.54. The van der Waals surface area contributed by atoms with Crippen molar-refractivity contribution in [3.05, 3.63) is 24.3 Å². The van der Waals surface area contributed by atoms with Gasteiger partial charge in [-0.25, -0.2) is 4.98 Å². The first-order valence-electron chi connectivity index (χ1n) is 4.66. The number of thiol groups is 2. The molecule has 1 aliphatic rings. The Morgan fingerprint density at radius 2 is 2.00 bits per heavy atom. The molecule has 0 aliphatic carbocycles. The van der Waals surface area contributed by atoms with Crippen LogP contribution in [-0.4, -0.2) is 21.7 Å². The molecule has 0 N–H and O–H groups in total. The zero-order valence-corrected chi connectivity index (χ0v) is 11.8. The molecule has 1 aromatic carbocycles. The number of nitrogens with zero attached hydrogens (tertiary/aromatic N) is 2. The van der Waals surface area contributed by atoms with Crippen molar-refractivity contribution in [1.29, 1.82) is 0 Å². The Bertz CT molecular complexity index is 473. The first-order valence-corrected chi connectivity index (χ1v) is 7.36. The summed E-state index contributed by atoms with van der Waals surface area (Å²) in [5.74, 6) is 1.12. The Morgan fingerprint density at radius 3 is 2.56 bits per heavy atom. The number of rotatable bonds is 0. The molecule has 1 aromatic heterocycles. The van der Waals surface area contributed by atoms with E-state index in [0.29, 0.717) is 0 Å². The molecule has 0 amide bonds. The maximum absolute atomic E-state index is 4.20. The lowest BCUT2D eigenvalue weighted by Gasteiger charge is -1.80. The molecular formula is C10H10N2S4. The van der Waals surface area contributed by atoms with Gasteiger partial charge < -0.3 is 0 Å². The van der Waals surface area contributed by atoms with Gasteiger partial charge in [0.05, 0.1) is 16.8 Å². The highest BCUT2D eigenvalue weighted by Gasteiger charge is 1.98. The van der Waals surface area contributed by atoms with Gasteiger partial charge in [0.15, 0.2) is 0 Å². The number of thioether (sulfide) groups is 1. The standard InChI is InChI=1S/C7H5NS2.C3H5NS2/c9-7-8-5-3-1-2-4-6(5)10-7;5-3-4-1-2-6-3/h1-4H,(H,8,9);1-2H2,(H,4,5). The molecule has 3 rings (SSSR count). The number of hydrogen-bond donors (Lipinski definition) is 2. The number of fused-ring (bicyclic) bond motifs is 1. The molecule has 16 heavy (non-hydrogen) atoms. The molecule has 0 saturated heterocycles. The van der Waals surface area contributed by atoms with E-state index in [9.17, 15) is 0 Å². The Hall–Kier alpha value is -0.170. The average molecular weight is 286 g/mol. The van der Waals surface area contributed by atoms with Gasteiger partial charge in [-0.05, 0) is 12.1 Å². The molecule has 0 atom stereocenters. The maximum atomic E-state index is 4.20. The van der Waals surface area contributed by atoms with Gasteiger partial charge in [-0.15, -0.1) is 36.6 Å². The van der Waals surface area contributed by atoms with E-state index in [1.807, 2.05) is 24.3 Å². The average Bonchev–Trinajstić information content (AvgIpc) is 2.86. The van der Waals surface area contributed by atoms with Gasteiger partial charge in [0, 0.05) is 5.75 Å². The summed E-state index contributed by atoms with van der Waals surface area (Å²) in [5, 5.41) is 0. The number of benzene rings is 1. The summed E-state index contributed by atoms with van der Waals surface area (Å²) in [6, 6.07) is 8.03. The van der Waals surface area contributed by atoms with Crippen LogP contribution in [-0.2, 0) is 0 Å². The normalized spacial score (nSPS) is 14.5. The lowest BCUT2D eigenvalue weighted by atomic mass is 10.3. The summed E-state index contributed by atoms with van der Waals surface area (Å²) in [4.78, 5) is 8.18. The number of para-hydroxylation sites is 1. The van der Waals surface area contributed by atoms with E-state index < -0.39 is 0 Å². The predicted molar refractivity (Wildman–Crippen MR) is 80.6 cm³/mol. The van der Waals surface area contributed by atoms with Crippen LogP contribution in [0.4, 0.5) is 0 Å². The van der Waals surface area contributed by atoms with E-state index in [2.05, 4.69) is 35.2 Å². The molecule has 0 fully saturated rings. The lowest BCUT2D eigenvalue weighted by Crippen LogP contribution is -1.69. The van der Waals surface area contributed by atoms with E-state index in [1.54, 1.807) is 23.1 Å². The monoisotopic (exact) mass is 286 g/mol. The third kappa shape index (κ3) is 3.41. The van der Waals surface area contributed by atoms with Crippen molar-refractivity contribution in [2.75, 3.05) is 12.3 Å². The highest BCUT2D eigenvalue weighted by atomic mass is 32.2. The smallest absolute Gasteiger partial charge is 0.148 e. The molecule has 0 unspecified atom stereocenters. The van der Waals surface area contributed by atoms with Crippen LogP contribution in [0.5, 0.6) is 0 Å². The molecule has 0 bridgehead atoms. The van der Waals surface area contributed by atoms with E-state index in [-0.39, 0.29) is 0 Å². The summed E-state index contributed by atoms with van der Waals surface area (Å²) >= 11 is 11.5. The summed E-state index contributed by atoms with van der Waals surface area (Å²) in [6.07, 6.45) is 0. The Kier molecular flexibility index (Phi) is 4.57. The largest absolute Gasteiger partial charge is 0.271 e. The first kappa shape index (κ1) is 12.3. The minimum Gasteiger partial charge on any atom is -0.271 e. The van der Waals surface area contributed by atoms with Crippen molar-refractivity contribution in [2.24, 2.45) is 4.99 Å².